The summed E-state index contributed by atoms with van der Waals surface area (Å²) in [6.45, 7) is 0.200. The molecule has 0 saturated carbocycles. The van der Waals surface area contributed by atoms with E-state index >= 15 is 0 Å². The molecule has 2 rings (SSSR count). The van der Waals surface area contributed by atoms with Crippen LogP contribution >= 0.6 is 0 Å². The van der Waals surface area contributed by atoms with E-state index in [1.54, 1.807) is 0 Å². The van der Waals surface area contributed by atoms with Gasteiger partial charge in [-0.3, -0.25) is 4.79 Å². The predicted molar refractivity (Wildman–Crippen MR) is 67.3 cm³/mol. The number of carbonyl (C=O) groups excluding carboxylic acids is 1. The average molecular weight is 266 g/mol. The van der Waals surface area contributed by atoms with Crippen LogP contribution in [0.15, 0.2) is 30.3 Å². The number of benzene rings is 1. The van der Waals surface area contributed by atoms with Crippen molar-refractivity contribution in [2.45, 2.75) is 31.3 Å². The number of carbonyl (C=O) groups is 1. The SMILES string of the molecule is COC(=O)CC[C@@H]1O[C@H](c2ccccc2)OC[C@H]1O. The van der Waals surface area contributed by atoms with Gasteiger partial charge in [0.1, 0.15) is 6.10 Å². The van der Waals surface area contributed by atoms with Crippen molar-refractivity contribution in [3.63, 3.8) is 0 Å². The molecule has 0 amide bonds. The van der Waals surface area contributed by atoms with E-state index in [4.69, 9.17) is 9.47 Å². The highest BCUT2D eigenvalue weighted by atomic mass is 16.7. The van der Waals surface area contributed by atoms with Gasteiger partial charge >= 0.3 is 5.97 Å². The number of ether oxygens (including phenoxy) is 3. The normalized spacial score (nSPS) is 26.9. The fourth-order valence-electron chi connectivity index (χ4n) is 1.99. The number of methoxy groups -OCH3 is 1. The Morgan fingerprint density at radius 2 is 2.16 bits per heavy atom. The topological polar surface area (TPSA) is 65.0 Å². The Morgan fingerprint density at radius 1 is 1.42 bits per heavy atom. The number of esters is 1. The number of aliphatic hydroxyl groups excluding tert-OH is 1. The van der Waals surface area contributed by atoms with Gasteiger partial charge in [0.05, 0.1) is 19.8 Å². The molecule has 5 nitrogen and oxygen atoms in total. The van der Waals surface area contributed by atoms with Crippen LogP contribution in [0.3, 0.4) is 0 Å². The lowest BCUT2D eigenvalue weighted by Gasteiger charge is -2.34. The molecule has 1 N–H and O–H groups in total. The van der Waals surface area contributed by atoms with Crippen LogP contribution in [0.5, 0.6) is 0 Å². The summed E-state index contributed by atoms with van der Waals surface area (Å²) in [7, 11) is 1.34. The Morgan fingerprint density at radius 3 is 2.84 bits per heavy atom. The Balaban J connectivity index is 1.94. The van der Waals surface area contributed by atoms with Crippen molar-refractivity contribution in [2.75, 3.05) is 13.7 Å². The molecule has 1 aliphatic rings. The van der Waals surface area contributed by atoms with Crippen molar-refractivity contribution < 1.29 is 24.1 Å². The fourth-order valence-corrected chi connectivity index (χ4v) is 1.99. The summed E-state index contributed by atoms with van der Waals surface area (Å²) in [4.78, 5) is 11.1. The lowest BCUT2D eigenvalue weighted by Crippen LogP contribution is -2.40. The maximum atomic E-state index is 11.1. The second-order valence-electron chi connectivity index (χ2n) is 4.43. The maximum Gasteiger partial charge on any atom is 0.305 e. The van der Waals surface area contributed by atoms with E-state index in [9.17, 15) is 9.90 Å². The molecule has 0 aliphatic carbocycles. The van der Waals surface area contributed by atoms with Crippen molar-refractivity contribution in [1.82, 2.24) is 0 Å². The van der Waals surface area contributed by atoms with Gasteiger partial charge in [-0.15, -0.1) is 0 Å². The number of aliphatic hydroxyl groups is 1. The van der Waals surface area contributed by atoms with Crippen LogP contribution in [0.2, 0.25) is 0 Å². The molecule has 0 unspecified atom stereocenters. The molecule has 1 saturated heterocycles. The third kappa shape index (κ3) is 3.76. The summed E-state index contributed by atoms with van der Waals surface area (Å²) in [5, 5.41) is 9.82. The Hall–Kier alpha value is -1.43. The minimum absolute atomic E-state index is 0.200. The molecular weight excluding hydrogens is 248 g/mol. The molecule has 0 radical (unpaired) electrons. The first-order chi connectivity index (χ1) is 9.20. The number of hydrogen-bond donors (Lipinski definition) is 1. The third-order valence-corrected chi connectivity index (χ3v) is 3.08. The molecule has 1 aliphatic heterocycles. The van der Waals surface area contributed by atoms with Gasteiger partial charge in [-0.25, -0.2) is 0 Å². The summed E-state index contributed by atoms with van der Waals surface area (Å²) in [6, 6.07) is 9.52. The Labute approximate surface area is 112 Å². The van der Waals surface area contributed by atoms with Gasteiger partial charge in [0, 0.05) is 12.0 Å². The van der Waals surface area contributed by atoms with Crippen molar-refractivity contribution in [2.24, 2.45) is 0 Å². The molecule has 1 fully saturated rings. The molecule has 19 heavy (non-hydrogen) atoms. The predicted octanol–water partition coefficient (Wildman–Crippen LogP) is 1.41. The van der Waals surface area contributed by atoms with Gasteiger partial charge in [-0.2, -0.15) is 0 Å². The zero-order valence-electron chi connectivity index (χ0n) is 10.8. The number of rotatable bonds is 4. The minimum Gasteiger partial charge on any atom is -0.469 e. The van der Waals surface area contributed by atoms with Gasteiger partial charge in [-0.1, -0.05) is 30.3 Å². The highest BCUT2D eigenvalue weighted by molar-refractivity contribution is 5.69. The zero-order chi connectivity index (χ0) is 13.7. The second kappa shape index (κ2) is 6.65. The first-order valence-corrected chi connectivity index (χ1v) is 6.27. The molecule has 104 valence electrons. The van der Waals surface area contributed by atoms with E-state index < -0.39 is 18.5 Å². The van der Waals surface area contributed by atoms with Gasteiger partial charge in [0.25, 0.3) is 0 Å². The first kappa shape index (κ1) is 14.0. The van der Waals surface area contributed by atoms with Crippen LogP contribution in [0.4, 0.5) is 0 Å². The summed E-state index contributed by atoms with van der Waals surface area (Å²) in [5.41, 5.74) is 0.900. The molecule has 1 aromatic rings. The average Bonchev–Trinajstić information content (AvgIpc) is 2.47. The van der Waals surface area contributed by atoms with E-state index in [1.165, 1.54) is 7.11 Å². The van der Waals surface area contributed by atoms with Crippen LogP contribution in [0.1, 0.15) is 24.7 Å². The minimum atomic E-state index is -0.718. The summed E-state index contributed by atoms with van der Waals surface area (Å²) in [5.74, 6) is -0.307. The van der Waals surface area contributed by atoms with Crippen molar-refractivity contribution in [3.8, 4) is 0 Å². The molecule has 1 aromatic carbocycles. The van der Waals surface area contributed by atoms with E-state index in [2.05, 4.69) is 4.74 Å². The van der Waals surface area contributed by atoms with Crippen LogP contribution < -0.4 is 0 Å². The lowest BCUT2D eigenvalue weighted by molar-refractivity contribution is -0.258. The third-order valence-electron chi connectivity index (χ3n) is 3.08. The monoisotopic (exact) mass is 266 g/mol. The van der Waals surface area contributed by atoms with E-state index in [0.717, 1.165) is 5.56 Å². The largest absolute Gasteiger partial charge is 0.469 e. The first-order valence-electron chi connectivity index (χ1n) is 6.27. The van der Waals surface area contributed by atoms with E-state index in [1.807, 2.05) is 30.3 Å². The zero-order valence-corrected chi connectivity index (χ0v) is 10.8. The maximum absolute atomic E-state index is 11.1. The molecular formula is C14H18O5. The highest BCUT2D eigenvalue weighted by Gasteiger charge is 2.31. The van der Waals surface area contributed by atoms with Crippen molar-refractivity contribution in [3.05, 3.63) is 35.9 Å². The molecule has 0 bridgehead atoms. The van der Waals surface area contributed by atoms with Crippen LogP contribution in [-0.4, -0.2) is 37.0 Å². The van der Waals surface area contributed by atoms with Crippen LogP contribution in [0, 0.1) is 0 Å². The molecule has 0 spiro atoms. The Bertz CT molecular complexity index is 406. The quantitative estimate of drug-likeness (QED) is 0.835. The van der Waals surface area contributed by atoms with E-state index in [0.29, 0.717) is 6.42 Å². The summed E-state index contributed by atoms with van der Waals surface area (Å²) in [6.07, 6.45) is -0.991. The molecule has 3 atom stereocenters. The van der Waals surface area contributed by atoms with Gasteiger partial charge in [0.15, 0.2) is 6.29 Å². The molecule has 5 heteroatoms. The summed E-state index contributed by atoms with van der Waals surface area (Å²) >= 11 is 0. The van der Waals surface area contributed by atoms with Gasteiger partial charge < -0.3 is 19.3 Å². The standard InChI is InChI=1S/C14H18O5/c1-17-13(16)8-7-12-11(15)9-18-14(19-12)10-5-3-2-4-6-10/h2-6,11-12,14-15H,7-9H2,1H3/t11-,12+,14-/m1/s1. The molecule has 0 aromatic heterocycles. The van der Waals surface area contributed by atoms with Crippen LogP contribution in [0.25, 0.3) is 0 Å². The second-order valence-corrected chi connectivity index (χ2v) is 4.43. The summed E-state index contributed by atoms with van der Waals surface area (Å²) < 4.78 is 15.7. The lowest BCUT2D eigenvalue weighted by atomic mass is 10.1. The van der Waals surface area contributed by atoms with Crippen molar-refractivity contribution in [1.29, 1.82) is 0 Å². The smallest absolute Gasteiger partial charge is 0.305 e. The highest BCUT2D eigenvalue weighted by Crippen LogP contribution is 2.28. The van der Waals surface area contributed by atoms with Gasteiger partial charge in [0.2, 0.25) is 0 Å². The fraction of sp³-hybridized carbons (Fsp3) is 0.500. The van der Waals surface area contributed by atoms with Gasteiger partial charge in [-0.05, 0) is 6.42 Å². The van der Waals surface area contributed by atoms with E-state index in [-0.39, 0.29) is 19.0 Å². The van der Waals surface area contributed by atoms with Crippen LogP contribution in [-0.2, 0) is 19.0 Å². The molecule has 1 heterocycles. The number of hydrogen-bond acceptors (Lipinski definition) is 5. The Kier molecular flexibility index (Phi) is 4.90. The van der Waals surface area contributed by atoms with Crippen molar-refractivity contribution >= 4 is 5.97 Å².